The maximum Gasteiger partial charge on any atom is 0.408 e. The Morgan fingerprint density at radius 3 is 1.81 bits per heavy atom. The molecule has 16 heavy (non-hydrogen) atoms. The van der Waals surface area contributed by atoms with E-state index in [0.29, 0.717) is 0 Å². The number of alkyl carbamates (subject to hydrolysis) is 1. The molecule has 0 aromatic carbocycles. The van der Waals surface area contributed by atoms with Crippen LogP contribution in [0.25, 0.3) is 0 Å². The molecule has 0 radical (unpaired) electrons. The van der Waals surface area contributed by atoms with Crippen LogP contribution in [0.5, 0.6) is 0 Å². The fourth-order valence-corrected chi connectivity index (χ4v) is 1.05. The highest BCUT2D eigenvalue weighted by Crippen LogP contribution is 2.19. The Balaban J connectivity index is 4.56. The predicted molar refractivity (Wildman–Crippen MR) is 57.6 cm³/mol. The van der Waals surface area contributed by atoms with Crippen LogP contribution in [-0.4, -0.2) is 23.7 Å². The normalized spacial score (nSPS) is 14.1. The van der Waals surface area contributed by atoms with Crippen molar-refractivity contribution in [3.63, 3.8) is 0 Å². The highest BCUT2D eigenvalue weighted by Gasteiger charge is 2.29. The molecule has 0 heterocycles. The van der Waals surface area contributed by atoms with Gasteiger partial charge in [0.25, 0.3) is 0 Å². The number of hydrogen-bond acceptors (Lipinski definition) is 4. The van der Waals surface area contributed by atoms with Gasteiger partial charge in [-0.3, -0.25) is 0 Å². The molecule has 0 unspecified atom stereocenters. The molecule has 0 fully saturated rings. The van der Waals surface area contributed by atoms with Crippen LogP contribution < -0.4 is 10.4 Å². The van der Waals surface area contributed by atoms with Crippen LogP contribution in [0.3, 0.4) is 0 Å². The van der Waals surface area contributed by atoms with Crippen molar-refractivity contribution >= 4 is 12.1 Å². The zero-order valence-electron chi connectivity index (χ0n) is 10.7. The summed E-state index contributed by atoms with van der Waals surface area (Å²) in [6.45, 7) is 10.2. The summed E-state index contributed by atoms with van der Waals surface area (Å²) < 4.78 is 4.97. The topological polar surface area (TPSA) is 78.5 Å². The highest BCUT2D eigenvalue weighted by molar-refractivity contribution is 5.79. The van der Waals surface area contributed by atoms with Crippen LogP contribution in [0.2, 0.25) is 0 Å². The van der Waals surface area contributed by atoms with Crippen LogP contribution in [0.15, 0.2) is 0 Å². The van der Waals surface area contributed by atoms with Crippen molar-refractivity contribution in [1.29, 1.82) is 0 Å². The number of amides is 1. The van der Waals surface area contributed by atoms with Gasteiger partial charge in [0.15, 0.2) is 0 Å². The van der Waals surface area contributed by atoms with Gasteiger partial charge in [0.2, 0.25) is 0 Å². The Hall–Kier alpha value is -1.26. The van der Waals surface area contributed by atoms with Crippen molar-refractivity contribution in [2.45, 2.75) is 53.2 Å². The molecule has 0 aromatic heterocycles. The Morgan fingerprint density at radius 1 is 1.12 bits per heavy atom. The number of ether oxygens (including phenoxy) is 1. The van der Waals surface area contributed by atoms with E-state index in [9.17, 15) is 14.7 Å². The summed E-state index contributed by atoms with van der Waals surface area (Å²) in [5.74, 6) is -1.32. The van der Waals surface area contributed by atoms with E-state index < -0.39 is 29.1 Å². The molecule has 0 aliphatic rings. The first kappa shape index (κ1) is 14.7. The van der Waals surface area contributed by atoms with Crippen LogP contribution in [0.4, 0.5) is 4.79 Å². The van der Waals surface area contributed by atoms with Crippen molar-refractivity contribution in [1.82, 2.24) is 5.32 Å². The van der Waals surface area contributed by atoms with Gasteiger partial charge in [0.1, 0.15) is 5.60 Å². The van der Waals surface area contributed by atoms with E-state index in [2.05, 4.69) is 5.32 Å². The maximum absolute atomic E-state index is 11.4. The molecule has 1 atom stereocenters. The molecule has 5 heteroatoms. The number of nitrogens with one attached hydrogen (secondary N) is 1. The number of carbonyl (C=O) groups is 2. The smallest absolute Gasteiger partial charge is 0.408 e. The summed E-state index contributed by atoms with van der Waals surface area (Å²) in [6.07, 6.45) is -0.753. The van der Waals surface area contributed by atoms with Crippen molar-refractivity contribution in [3.8, 4) is 0 Å². The van der Waals surface area contributed by atoms with Gasteiger partial charge >= 0.3 is 6.09 Å². The summed E-state index contributed by atoms with van der Waals surface area (Å²) in [5, 5.41) is 13.2. The Bertz CT molecular complexity index is 273. The van der Waals surface area contributed by atoms with E-state index in [4.69, 9.17) is 4.74 Å². The number of aliphatic carboxylic acids is 1. The van der Waals surface area contributed by atoms with E-state index in [1.54, 1.807) is 41.5 Å². The fourth-order valence-electron chi connectivity index (χ4n) is 1.05. The number of carbonyl (C=O) groups excluding carboxylic acids is 2. The molecule has 1 amide bonds. The molecule has 94 valence electrons. The average Bonchev–Trinajstić information content (AvgIpc) is 1.93. The minimum absolute atomic E-state index is 0.629. The van der Waals surface area contributed by atoms with Gasteiger partial charge < -0.3 is 20.0 Å². The minimum Gasteiger partial charge on any atom is -0.548 e. The molecule has 1 N–H and O–H groups in total. The van der Waals surface area contributed by atoms with Crippen LogP contribution >= 0.6 is 0 Å². The van der Waals surface area contributed by atoms with E-state index in [1.807, 2.05) is 0 Å². The number of hydrogen-bond donors (Lipinski definition) is 1. The first-order chi connectivity index (χ1) is 6.93. The van der Waals surface area contributed by atoms with Gasteiger partial charge in [0.05, 0.1) is 12.0 Å². The average molecular weight is 230 g/mol. The highest BCUT2D eigenvalue weighted by atomic mass is 16.6. The molecule has 0 aromatic rings. The lowest BCUT2D eigenvalue weighted by Gasteiger charge is -2.32. The number of rotatable bonds is 2. The summed E-state index contributed by atoms with van der Waals surface area (Å²) in [5.41, 5.74) is -1.28. The summed E-state index contributed by atoms with van der Waals surface area (Å²) in [6, 6.07) is -1.08. The summed E-state index contributed by atoms with van der Waals surface area (Å²) in [4.78, 5) is 22.3. The second kappa shape index (κ2) is 4.72. The molecular formula is C11H20NO4-. The van der Waals surface area contributed by atoms with Gasteiger partial charge in [-0.05, 0) is 26.2 Å². The van der Waals surface area contributed by atoms with E-state index in [0.717, 1.165) is 0 Å². The predicted octanol–water partition coefficient (Wildman–Crippen LogP) is 0.676. The summed E-state index contributed by atoms with van der Waals surface area (Å²) in [7, 11) is 0. The SMILES string of the molecule is CC(C)(C)OC(=O)N[C@@H](C(=O)[O-])C(C)(C)C. The largest absolute Gasteiger partial charge is 0.548 e. The molecular weight excluding hydrogens is 210 g/mol. The van der Waals surface area contributed by atoms with E-state index in [-0.39, 0.29) is 0 Å². The molecule has 0 spiro atoms. The second-order valence-corrected chi connectivity index (χ2v) is 5.76. The number of carboxylic acids is 1. The monoisotopic (exact) mass is 230 g/mol. The lowest BCUT2D eigenvalue weighted by Crippen LogP contribution is -2.55. The standard InChI is InChI=1S/C11H21NO4/c1-10(2,3)7(8(13)14)12-9(15)16-11(4,5)6/h7H,1-6H3,(H,12,15)(H,13,14)/p-1/t7-/m0/s1. The third-order valence-corrected chi connectivity index (χ3v) is 1.76. The first-order valence-corrected chi connectivity index (χ1v) is 5.14. The minimum atomic E-state index is -1.32. The van der Waals surface area contributed by atoms with E-state index in [1.165, 1.54) is 0 Å². The Labute approximate surface area is 96.2 Å². The molecule has 0 rings (SSSR count). The third kappa shape index (κ3) is 5.58. The van der Waals surface area contributed by atoms with Crippen molar-refractivity contribution < 1.29 is 19.4 Å². The third-order valence-electron chi connectivity index (χ3n) is 1.76. The molecule has 0 bridgehead atoms. The second-order valence-electron chi connectivity index (χ2n) is 5.76. The maximum atomic E-state index is 11.4. The van der Waals surface area contributed by atoms with Crippen molar-refractivity contribution in [3.05, 3.63) is 0 Å². The quantitative estimate of drug-likeness (QED) is 0.756. The van der Waals surface area contributed by atoms with Gasteiger partial charge in [0, 0.05) is 0 Å². The van der Waals surface area contributed by atoms with Gasteiger partial charge in [-0.1, -0.05) is 20.8 Å². The van der Waals surface area contributed by atoms with Crippen LogP contribution in [0, 0.1) is 5.41 Å². The van der Waals surface area contributed by atoms with Crippen LogP contribution in [-0.2, 0) is 9.53 Å². The lowest BCUT2D eigenvalue weighted by molar-refractivity contribution is -0.310. The van der Waals surface area contributed by atoms with Gasteiger partial charge in [-0.2, -0.15) is 0 Å². The number of carboxylic acid groups (broad SMARTS) is 1. The zero-order chi connectivity index (χ0) is 13.1. The fraction of sp³-hybridized carbons (Fsp3) is 0.818. The Kier molecular flexibility index (Phi) is 4.35. The van der Waals surface area contributed by atoms with Crippen LogP contribution in [0.1, 0.15) is 41.5 Å². The lowest BCUT2D eigenvalue weighted by atomic mass is 9.87. The van der Waals surface area contributed by atoms with Gasteiger partial charge in [-0.25, -0.2) is 4.79 Å². The molecule has 0 saturated carbocycles. The Morgan fingerprint density at radius 2 is 1.56 bits per heavy atom. The molecule has 0 saturated heterocycles. The van der Waals surface area contributed by atoms with Crippen molar-refractivity contribution in [2.24, 2.45) is 5.41 Å². The zero-order valence-corrected chi connectivity index (χ0v) is 10.7. The van der Waals surface area contributed by atoms with Crippen molar-refractivity contribution in [2.75, 3.05) is 0 Å². The van der Waals surface area contributed by atoms with Gasteiger partial charge in [-0.15, -0.1) is 0 Å². The first-order valence-electron chi connectivity index (χ1n) is 5.14. The van der Waals surface area contributed by atoms with E-state index >= 15 is 0 Å². The molecule has 5 nitrogen and oxygen atoms in total. The molecule has 0 aliphatic carbocycles. The summed E-state index contributed by atoms with van der Waals surface area (Å²) >= 11 is 0. The molecule has 0 aliphatic heterocycles.